The van der Waals surface area contributed by atoms with Gasteiger partial charge in [-0.25, -0.2) is 0 Å². The number of halogens is 3. The molecule has 1 rings (SSSR count). The molecule has 0 aromatic carbocycles. The first-order valence-corrected chi connectivity index (χ1v) is 5.34. The van der Waals surface area contributed by atoms with E-state index in [1.54, 1.807) is 12.1 Å². The third kappa shape index (κ3) is 5.21. The molecule has 0 spiro atoms. The Morgan fingerprint density at radius 1 is 1.44 bits per heavy atom. The van der Waals surface area contributed by atoms with Crippen LogP contribution in [0.5, 0.6) is 0 Å². The largest absolute Gasteiger partial charge is 0.469 e. The van der Waals surface area contributed by atoms with Gasteiger partial charge in [0.2, 0.25) is 0 Å². The van der Waals surface area contributed by atoms with Crippen LogP contribution in [0.4, 0.5) is 13.2 Å². The van der Waals surface area contributed by atoms with Gasteiger partial charge in [0.15, 0.2) is 0 Å². The SMILES string of the molecule is CCCNC(Cc1ccco1)CC(F)(F)F. The first-order valence-electron chi connectivity index (χ1n) is 5.34. The average Bonchev–Trinajstić information content (AvgIpc) is 2.64. The Kier molecular flexibility index (Phi) is 4.86. The summed E-state index contributed by atoms with van der Waals surface area (Å²) in [6, 6.07) is 2.77. The second kappa shape index (κ2) is 5.94. The predicted molar refractivity (Wildman–Crippen MR) is 55.2 cm³/mol. The van der Waals surface area contributed by atoms with Crippen molar-refractivity contribution in [1.29, 1.82) is 0 Å². The first-order chi connectivity index (χ1) is 7.51. The fourth-order valence-corrected chi connectivity index (χ4v) is 1.52. The average molecular weight is 235 g/mol. The predicted octanol–water partition coefficient (Wildman–Crippen LogP) is 3.14. The Morgan fingerprint density at radius 3 is 2.69 bits per heavy atom. The summed E-state index contributed by atoms with van der Waals surface area (Å²) >= 11 is 0. The van der Waals surface area contributed by atoms with Crippen LogP contribution >= 0.6 is 0 Å². The van der Waals surface area contributed by atoms with Crippen LogP contribution in [-0.4, -0.2) is 18.8 Å². The minimum absolute atomic E-state index is 0.270. The number of alkyl halides is 3. The zero-order chi connectivity index (χ0) is 12.0. The van der Waals surface area contributed by atoms with Gasteiger partial charge in [0.1, 0.15) is 5.76 Å². The summed E-state index contributed by atoms with van der Waals surface area (Å²) in [6.45, 7) is 2.51. The lowest BCUT2D eigenvalue weighted by atomic mass is 10.1. The summed E-state index contributed by atoms with van der Waals surface area (Å²) in [5.41, 5.74) is 0. The lowest BCUT2D eigenvalue weighted by Crippen LogP contribution is -2.36. The maximum atomic E-state index is 12.3. The van der Waals surface area contributed by atoms with Crippen LogP contribution in [0, 0.1) is 0 Å². The number of furan rings is 1. The van der Waals surface area contributed by atoms with Gasteiger partial charge in [-0.05, 0) is 25.1 Å². The van der Waals surface area contributed by atoms with Gasteiger partial charge in [0.25, 0.3) is 0 Å². The highest BCUT2D eigenvalue weighted by molar-refractivity contribution is 5.00. The molecular formula is C11H16F3NO. The Bertz CT molecular complexity index is 282. The smallest absolute Gasteiger partial charge is 0.390 e. The third-order valence-corrected chi connectivity index (χ3v) is 2.19. The van der Waals surface area contributed by atoms with E-state index >= 15 is 0 Å². The molecule has 1 aromatic rings. The molecule has 5 heteroatoms. The van der Waals surface area contributed by atoms with E-state index < -0.39 is 18.6 Å². The van der Waals surface area contributed by atoms with Crippen LogP contribution in [0.15, 0.2) is 22.8 Å². The molecule has 0 aliphatic rings. The molecule has 0 bridgehead atoms. The van der Waals surface area contributed by atoms with Crippen molar-refractivity contribution in [3.63, 3.8) is 0 Å². The summed E-state index contributed by atoms with van der Waals surface area (Å²) < 4.78 is 41.9. The van der Waals surface area contributed by atoms with Crippen LogP contribution in [0.1, 0.15) is 25.5 Å². The molecule has 1 N–H and O–H groups in total. The molecule has 0 saturated carbocycles. The maximum absolute atomic E-state index is 12.3. The molecule has 0 fully saturated rings. The Labute approximate surface area is 92.8 Å². The minimum Gasteiger partial charge on any atom is -0.469 e. The highest BCUT2D eigenvalue weighted by Gasteiger charge is 2.31. The summed E-state index contributed by atoms with van der Waals surface area (Å²) in [4.78, 5) is 0. The van der Waals surface area contributed by atoms with Gasteiger partial charge in [-0.1, -0.05) is 6.92 Å². The number of hydrogen-bond donors (Lipinski definition) is 1. The number of rotatable bonds is 6. The fraction of sp³-hybridized carbons (Fsp3) is 0.636. The summed E-state index contributed by atoms with van der Waals surface area (Å²) in [7, 11) is 0. The van der Waals surface area contributed by atoms with E-state index in [0.29, 0.717) is 12.3 Å². The van der Waals surface area contributed by atoms with E-state index in [-0.39, 0.29) is 6.42 Å². The quantitative estimate of drug-likeness (QED) is 0.819. The first kappa shape index (κ1) is 13.1. The summed E-state index contributed by atoms with van der Waals surface area (Å²) in [5, 5.41) is 2.88. The van der Waals surface area contributed by atoms with E-state index in [1.165, 1.54) is 6.26 Å². The van der Waals surface area contributed by atoms with Crippen LogP contribution < -0.4 is 5.32 Å². The topological polar surface area (TPSA) is 25.2 Å². The molecule has 0 radical (unpaired) electrons. The molecule has 1 aromatic heterocycles. The Hall–Kier alpha value is -0.970. The molecule has 0 saturated heterocycles. The molecule has 1 heterocycles. The van der Waals surface area contributed by atoms with E-state index in [1.807, 2.05) is 6.92 Å². The molecule has 0 aliphatic heterocycles. The van der Waals surface area contributed by atoms with Gasteiger partial charge in [-0.3, -0.25) is 0 Å². The van der Waals surface area contributed by atoms with Crippen LogP contribution in [0.3, 0.4) is 0 Å². The van der Waals surface area contributed by atoms with E-state index in [9.17, 15) is 13.2 Å². The van der Waals surface area contributed by atoms with Crippen molar-refractivity contribution < 1.29 is 17.6 Å². The van der Waals surface area contributed by atoms with Gasteiger partial charge in [0.05, 0.1) is 12.7 Å². The zero-order valence-electron chi connectivity index (χ0n) is 9.18. The zero-order valence-corrected chi connectivity index (χ0v) is 9.18. The van der Waals surface area contributed by atoms with Crippen molar-refractivity contribution in [1.82, 2.24) is 5.32 Å². The summed E-state index contributed by atoms with van der Waals surface area (Å²) in [6.07, 6.45) is -2.41. The molecule has 2 nitrogen and oxygen atoms in total. The van der Waals surface area contributed by atoms with Gasteiger partial charge in [-0.15, -0.1) is 0 Å². The molecular weight excluding hydrogens is 219 g/mol. The van der Waals surface area contributed by atoms with Crippen LogP contribution in [-0.2, 0) is 6.42 Å². The van der Waals surface area contributed by atoms with E-state index in [0.717, 1.165) is 6.42 Å². The van der Waals surface area contributed by atoms with Crippen molar-refractivity contribution in [2.24, 2.45) is 0 Å². The molecule has 1 unspecified atom stereocenters. The third-order valence-electron chi connectivity index (χ3n) is 2.19. The highest BCUT2D eigenvalue weighted by Crippen LogP contribution is 2.23. The molecule has 0 aliphatic carbocycles. The van der Waals surface area contributed by atoms with E-state index in [2.05, 4.69) is 5.32 Å². The van der Waals surface area contributed by atoms with Gasteiger partial charge >= 0.3 is 6.18 Å². The van der Waals surface area contributed by atoms with Crippen molar-refractivity contribution in [3.05, 3.63) is 24.2 Å². The van der Waals surface area contributed by atoms with Gasteiger partial charge in [-0.2, -0.15) is 13.2 Å². The molecule has 1 atom stereocenters. The fourth-order valence-electron chi connectivity index (χ4n) is 1.52. The van der Waals surface area contributed by atoms with E-state index in [4.69, 9.17) is 4.42 Å². The van der Waals surface area contributed by atoms with Crippen molar-refractivity contribution >= 4 is 0 Å². The normalized spacial score (nSPS) is 14.0. The molecule has 0 amide bonds. The van der Waals surface area contributed by atoms with Gasteiger partial charge < -0.3 is 9.73 Å². The standard InChI is InChI=1S/C11H16F3NO/c1-2-5-15-9(8-11(12,13)14)7-10-4-3-6-16-10/h3-4,6,9,15H,2,5,7-8H2,1H3. The maximum Gasteiger partial charge on any atom is 0.390 e. The lowest BCUT2D eigenvalue weighted by Gasteiger charge is -2.18. The number of hydrogen-bond acceptors (Lipinski definition) is 2. The van der Waals surface area contributed by atoms with Crippen molar-refractivity contribution in [3.8, 4) is 0 Å². The minimum atomic E-state index is -4.14. The monoisotopic (exact) mass is 235 g/mol. The van der Waals surface area contributed by atoms with Crippen LogP contribution in [0.25, 0.3) is 0 Å². The second-order valence-electron chi connectivity index (χ2n) is 3.75. The molecule has 16 heavy (non-hydrogen) atoms. The lowest BCUT2D eigenvalue weighted by molar-refractivity contribution is -0.140. The number of nitrogens with one attached hydrogen (secondary N) is 1. The van der Waals surface area contributed by atoms with Crippen molar-refractivity contribution in [2.75, 3.05) is 6.54 Å². The van der Waals surface area contributed by atoms with Crippen molar-refractivity contribution in [2.45, 2.75) is 38.4 Å². The van der Waals surface area contributed by atoms with Gasteiger partial charge in [0, 0.05) is 12.5 Å². The molecule has 92 valence electrons. The summed E-state index contributed by atoms with van der Waals surface area (Å²) in [5.74, 6) is 0.581. The Balaban J connectivity index is 2.50. The second-order valence-corrected chi connectivity index (χ2v) is 3.75. The highest BCUT2D eigenvalue weighted by atomic mass is 19.4. The Morgan fingerprint density at radius 2 is 2.19 bits per heavy atom. The van der Waals surface area contributed by atoms with Crippen LogP contribution in [0.2, 0.25) is 0 Å².